The molecular weight excluding hydrogens is 414 g/mol. The van der Waals surface area contributed by atoms with Gasteiger partial charge in [-0.15, -0.1) is 0 Å². The smallest absolute Gasteiger partial charge is 0.405 e. The number of hydrogen-bond donors (Lipinski definition) is 2. The minimum absolute atomic E-state index is 0.193. The first-order valence-corrected chi connectivity index (χ1v) is 10.9. The van der Waals surface area contributed by atoms with Gasteiger partial charge in [0.15, 0.2) is 5.60 Å². The second-order valence-electron chi connectivity index (χ2n) is 8.32. The van der Waals surface area contributed by atoms with E-state index in [-0.39, 0.29) is 12.3 Å². The number of fused-ring (bicyclic) bond motifs is 1. The number of aromatic amines is 1. The molecule has 2 amide bonds. The molecule has 168 valence electrons. The van der Waals surface area contributed by atoms with Crippen LogP contribution < -0.4 is 5.73 Å². The highest BCUT2D eigenvalue weighted by Crippen LogP contribution is 2.27. The number of nitrogens with one attached hydrogen (secondary N) is 1. The Balaban J connectivity index is 1.69. The Kier molecular flexibility index (Phi) is 6.45. The fourth-order valence-electron chi connectivity index (χ4n) is 4.16. The van der Waals surface area contributed by atoms with Gasteiger partial charge in [0.2, 0.25) is 0 Å². The molecule has 6 nitrogen and oxygen atoms in total. The SMILES string of the molecule is CC(Cc1c[nH]c2ccccc12)(OC(N)=O)C(=O)N(Cc1ccccc1)Cc1ccccc1. The van der Waals surface area contributed by atoms with Crippen molar-refractivity contribution in [3.05, 3.63) is 108 Å². The van der Waals surface area contributed by atoms with Gasteiger partial charge in [0.25, 0.3) is 5.91 Å². The van der Waals surface area contributed by atoms with Crippen molar-refractivity contribution in [3.8, 4) is 0 Å². The molecule has 1 atom stereocenters. The number of para-hydroxylation sites is 1. The maximum absolute atomic E-state index is 14.0. The van der Waals surface area contributed by atoms with Crippen LogP contribution in [0.15, 0.2) is 91.1 Å². The zero-order chi connectivity index (χ0) is 23.3. The number of aromatic nitrogens is 1. The molecule has 0 aliphatic heterocycles. The molecule has 4 aromatic rings. The summed E-state index contributed by atoms with van der Waals surface area (Å²) < 4.78 is 5.51. The van der Waals surface area contributed by atoms with E-state index in [1.54, 1.807) is 11.8 Å². The molecule has 33 heavy (non-hydrogen) atoms. The maximum Gasteiger partial charge on any atom is 0.405 e. The summed E-state index contributed by atoms with van der Waals surface area (Å²) in [6.45, 7) is 2.38. The number of H-pyrrole nitrogens is 1. The largest absolute Gasteiger partial charge is 0.433 e. The number of benzene rings is 3. The van der Waals surface area contributed by atoms with E-state index in [4.69, 9.17) is 10.5 Å². The fraction of sp³-hybridized carbons (Fsp3) is 0.185. The lowest BCUT2D eigenvalue weighted by molar-refractivity contribution is -0.151. The van der Waals surface area contributed by atoms with Crippen LogP contribution in [0.2, 0.25) is 0 Å². The van der Waals surface area contributed by atoms with E-state index >= 15 is 0 Å². The second-order valence-corrected chi connectivity index (χ2v) is 8.32. The van der Waals surface area contributed by atoms with Crippen LogP contribution >= 0.6 is 0 Å². The van der Waals surface area contributed by atoms with E-state index in [1.165, 1.54) is 0 Å². The Labute approximate surface area is 193 Å². The number of carbonyl (C=O) groups is 2. The van der Waals surface area contributed by atoms with Crippen LogP contribution in [0.5, 0.6) is 0 Å². The minimum Gasteiger partial charge on any atom is -0.433 e. The predicted molar refractivity (Wildman–Crippen MR) is 128 cm³/mol. The first kappa shape index (κ1) is 22.1. The highest BCUT2D eigenvalue weighted by atomic mass is 16.6. The number of rotatable bonds is 8. The molecule has 0 aliphatic rings. The summed E-state index contributed by atoms with van der Waals surface area (Å²) in [6, 6.07) is 27.3. The first-order valence-electron chi connectivity index (χ1n) is 10.9. The molecule has 0 saturated heterocycles. The fourth-order valence-corrected chi connectivity index (χ4v) is 4.16. The summed E-state index contributed by atoms with van der Waals surface area (Å²) in [5, 5.41) is 0.974. The molecular formula is C27H27N3O3. The van der Waals surface area contributed by atoms with Crippen LogP contribution in [0.1, 0.15) is 23.6 Å². The summed E-state index contributed by atoms with van der Waals surface area (Å²) in [4.78, 5) is 30.8. The Morgan fingerprint density at radius 1 is 0.879 bits per heavy atom. The molecule has 1 heterocycles. The van der Waals surface area contributed by atoms with Gasteiger partial charge in [0.05, 0.1) is 0 Å². The molecule has 0 aliphatic carbocycles. The van der Waals surface area contributed by atoms with Crippen molar-refractivity contribution in [2.24, 2.45) is 5.73 Å². The maximum atomic E-state index is 14.0. The van der Waals surface area contributed by atoms with Gasteiger partial charge in [0, 0.05) is 36.6 Å². The molecule has 0 spiro atoms. The van der Waals surface area contributed by atoms with E-state index in [0.29, 0.717) is 13.1 Å². The third-order valence-electron chi connectivity index (χ3n) is 5.70. The van der Waals surface area contributed by atoms with Gasteiger partial charge in [-0.2, -0.15) is 0 Å². The van der Waals surface area contributed by atoms with E-state index in [0.717, 1.165) is 27.6 Å². The number of nitrogens with zero attached hydrogens (tertiary/aromatic N) is 1. The summed E-state index contributed by atoms with van der Waals surface area (Å²) in [6.07, 6.45) is 1.06. The van der Waals surface area contributed by atoms with E-state index < -0.39 is 11.7 Å². The predicted octanol–water partition coefficient (Wildman–Crippen LogP) is 4.79. The molecule has 4 rings (SSSR count). The molecule has 0 saturated carbocycles. The monoisotopic (exact) mass is 441 g/mol. The van der Waals surface area contributed by atoms with E-state index in [2.05, 4.69) is 4.98 Å². The number of nitrogens with two attached hydrogens (primary N) is 1. The number of hydrogen-bond acceptors (Lipinski definition) is 3. The quantitative estimate of drug-likeness (QED) is 0.412. The van der Waals surface area contributed by atoms with Gasteiger partial charge in [-0.1, -0.05) is 78.9 Å². The molecule has 0 fully saturated rings. The van der Waals surface area contributed by atoms with Gasteiger partial charge in [-0.3, -0.25) is 4.79 Å². The van der Waals surface area contributed by atoms with Crippen LogP contribution in [0.3, 0.4) is 0 Å². The molecule has 0 radical (unpaired) electrons. The topological polar surface area (TPSA) is 88.4 Å². The van der Waals surface area contributed by atoms with Crippen molar-refractivity contribution >= 4 is 22.9 Å². The molecule has 6 heteroatoms. The second kappa shape index (κ2) is 9.61. The van der Waals surface area contributed by atoms with Crippen molar-refractivity contribution in [1.82, 2.24) is 9.88 Å². The summed E-state index contributed by atoms with van der Waals surface area (Å²) in [5.74, 6) is -0.306. The van der Waals surface area contributed by atoms with Crippen molar-refractivity contribution in [1.29, 1.82) is 0 Å². The molecule has 1 unspecified atom stereocenters. The Bertz CT molecular complexity index is 1200. The lowest BCUT2D eigenvalue weighted by atomic mass is 9.93. The van der Waals surface area contributed by atoms with Gasteiger partial charge in [-0.25, -0.2) is 4.79 Å². The standard InChI is InChI=1S/C27H27N3O3/c1-27(33-26(28)32,16-22-17-29-24-15-9-8-14-23(22)24)25(31)30(18-20-10-4-2-5-11-20)19-21-12-6-3-7-13-21/h2-15,17,29H,16,18-19H2,1H3,(H2,28,32). The molecule has 3 N–H and O–H groups in total. The Morgan fingerprint density at radius 3 is 2.00 bits per heavy atom. The molecule has 0 bridgehead atoms. The van der Waals surface area contributed by atoms with Crippen molar-refractivity contribution in [2.75, 3.05) is 0 Å². The highest BCUT2D eigenvalue weighted by Gasteiger charge is 2.41. The highest BCUT2D eigenvalue weighted by molar-refractivity contribution is 5.89. The van der Waals surface area contributed by atoms with Crippen LogP contribution in [-0.2, 0) is 29.0 Å². The number of primary amides is 1. The van der Waals surface area contributed by atoms with Gasteiger partial charge < -0.3 is 20.4 Å². The summed E-state index contributed by atoms with van der Waals surface area (Å²) in [7, 11) is 0. The number of carbonyl (C=O) groups excluding carboxylic acids is 2. The first-order chi connectivity index (χ1) is 15.9. The lowest BCUT2D eigenvalue weighted by Gasteiger charge is -2.34. The van der Waals surface area contributed by atoms with Crippen molar-refractivity contribution < 1.29 is 14.3 Å². The van der Waals surface area contributed by atoms with Crippen LogP contribution in [0.4, 0.5) is 4.79 Å². The molecule has 3 aromatic carbocycles. The molecule has 1 aromatic heterocycles. The van der Waals surface area contributed by atoms with Crippen LogP contribution in [0, 0.1) is 0 Å². The van der Waals surface area contributed by atoms with Gasteiger partial charge in [-0.05, 0) is 29.7 Å². The van der Waals surface area contributed by atoms with E-state index in [9.17, 15) is 9.59 Å². The lowest BCUT2D eigenvalue weighted by Crippen LogP contribution is -2.51. The normalized spacial score (nSPS) is 12.8. The number of amides is 2. The van der Waals surface area contributed by atoms with Gasteiger partial charge >= 0.3 is 6.09 Å². The number of ether oxygens (including phenoxy) is 1. The zero-order valence-electron chi connectivity index (χ0n) is 18.5. The van der Waals surface area contributed by atoms with Crippen LogP contribution in [0.25, 0.3) is 10.9 Å². The van der Waals surface area contributed by atoms with Crippen molar-refractivity contribution in [2.45, 2.75) is 32.0 Å². The average Bonchev–Trinajstić information content (AvgIpc) is 3.21. The van der Waals surface area contributed by atoms with E-state index in [1.807, 2.05) is 91.1 Å². The van der Waals surface area contributed by atoms with Gasteiger partial charge in [0.1, 0.15) is 0 Å². The van der Waals surface area contributed by atoms with Crippen LogP contribution in [-0.4, -0.2) is 27.5 Å². The zero-order valence-corrected chi connectivity index (χ0v) is 18.5. The third kappa shape index (κ3) is 5.23. The average molecular weight is 442 g/mol. The van der Waals surface area contributed by atoms with Crippen molar-refractivity contribution in [3.63, 3.8) is 0 Å². The summed E-state index contributed by atoms with van der Waals surface area (Å²) in [5.41, 5.74) is 7.74. The summed E-state index contributed by atoms with van der Waals surface area (Å²) >= 11 is 0. The Morgan fingerprint density at radius 2 is 1.42 bits per heavy atom. The third-order valence-corrected chi connectivity index (χ3v) is 5.70. The Hall–Kier alpha value is -4.06. The minimum atomic E-state index is -1.47.